The van der Waals surface area contributed by atoms with E-state index in [4.69, 9.17) is 0 Å². The smallest absolute Gasteiger partial charge is 0.326 e. The molecule has 0 radical (unpaired) electrons. The number of benzene rings is 1. The van der Waals surface area contributed by atoms with E-state index in [9.17, 15) is 24.6 Å². The third-order valence-electron chi connectivity index (χ3n) is 5.72. The van der Waals surface area contributed by atoms with Crippen LogP contribution in [-0.4, -0.2) is 46.7 Å². The van der Waals surface area contributed by atoms with Gasteiger partial charge in [-0.3, -0.25) is 9.59 Å². The van der Waals surface area contributed by atoms with Crippen molar-refractivity contribution >= 4 is 17.8 Å². The summed E-state index contributed by atoms with van der Waals surface area (Å²) in [5, 5.41) is 24.5. The minimum Gasteiger partial charge on any atom is -0.480 e. The van der Waals surface area contributed by atoms with E-state index in [2.05, 4.69) is 10.6 Å². The predicted octanol–water partition coefficient (Wildman–Crippen LogP) is 2.13. The van der Waals surface area contributed by atoms with Crippen molar-refractivity contribution in [2.45, 2.75) is 64.5 Å². The normalized spacial score (nSPS) is 20.9. The Bertz CT molecular complexity index is 707. The van der Waals surface area contributed by atoms with Gasteiger partial charge in [-0.25, -0.2) is 4.79 Å². The van der Waals surface area contributed by atoms with Crippen molar-refractivity contribution in [2.24, 2.45) is 17.8 Å². The Morgan fingerprint density at radius 3 is 2.30 bits per heavy atom. The molecule has 2 rings (SSSR count). The first-order valence-corrected chi connectivity index (χ1v) is 10.8. The molecule has 0 saturated heterocycles. The predicted molar refractivity (Wildman–Crippen MR) is 114 cm³/mol. The number of rotatable bonds is 10. The van der Waals surface area contributed by atoms with Gasteiger partial charge in [0.1, 0.15) is 12.1 Å². The highest BCUT2D eigenvalue weighted by molar-refractivity contribution is 5.91. The number of hydrogen-bond donors (Lipinski definition) is 4. The lowest BCUT2D eigenvalue weighted by atomic mass is 9.79. The molecule has 1 aromatic carbocycles. The summed E-state index contributed by atoms with van der Waals surface area (Å²) in [6.45, 7) is 3.73. The topological polar surface area (TPSA) is 116 Å². The van der Waals surface area contributed by atoms with Crippen LogP contribution in [0.4, 0.5) is 0 Å². The minimum absolute atomic E-state index is 0.0525. The van der Waals surface area contributed by atoms with E-state index < -0.39 is 24.0 Å². The van der Waals surface area contributed by atoms with Gasteiger partial charge in [0.2, 0.25) is 11.8 Å². The Morgan fingerprint density at radius 2 is 1.70 bits per heavy atom. The van der Waals surface area contributed by atoms with Gasteiger partial charge < -0.3 is 20.8 Å². The molecule has 30 heavy (non-hydrogen) atoms. The maximum atomic E-state index is 13.0. The Kier molecular flexibility index (Phi) is 9.30. The molecule has 4 atom stereocenters. The molecule has 0 aliphatic heterocycles. The van der Waals surface area contributed by atoms with Crippen LogP contribution in [0.2, 0.25) is 0 Å². The summed E-state index contributed by atoms with van der Waals surface area (Å²) in [5.74, 6) is -2.18. The molecule has 0 spiro atoms. The average molecular weight is 419 g/mol. The number of hydrogen-bond acceptors (Lipinski definition) is 4. The zero-order valence-electron chi connectivity index (χ0n) is 17.8. The van der Waals surface area contributed by atoms with Crippen LogP contribution in [0.1, 0.15) is 51.5 Å². The van der Waals surface area contributed by atoms with Crippen molar-refractivity contribution in [1.82, 2.24) is 10.6 Å². The number of carboxylic acids is 1. The van der Waals surface area contributed by atoms with E-state index in [-0.39, 0.29) is 36.7 Å². The van der Waals surface area contributed by atoms with Gasteiger partial charge in [-0.2, -0.15) is 0 Å². The van der Waals surface area contributed by atoms with E-state index in [1.165, 1.54) is 0 Å². The Morgan fingerprint density at radius 1 is 1.03 bits per heavy atom. The van der Waals surface area contributed by atoms with Gasteiger partial charge >= 0.3 is 5.97 Å². The molecule has 1 aromatic rings. The van der Waals surface area contributed by atoms with Crippen molar-refractivity contribution in [1.29, 1.82) is 0 Å². The van der Waals surface area contributed by atoms with Crippen LogP contribution in [-0.2, 0) is 20.8 Å². The lowest BCUT2D eigenvalue weighted by Crippen LogP contribution is -2.54. The second-order valence-corrected chi connectivity index (χ2v) is 8.61. The first-order chi connectivity index (χ1) is 14.3. The van der Waals surface area contributed by atoms with Crippen LogP contribution in [0.5, 0.6) is 0 Å². The van der Waals surface area contributed by atoms with E-state index in [0.29, 0.717) is 12.8 Å². The molecule has 1 aliphatic carbocycles. The fraction of sp³-hybridized carbons (Fsp3) is 0.609. The molecule has 0 bridgehead atoms. The number of carboxylic acid groups (broad SMARTS) is 1. The number of amides is 2. The fourth-order valence-corrected chi connectivity index (χ4v) is 4.07. The minimum atomic E-state index is -1.09. The van der Waals surface area contributed by atoms with Gasteiger partial charge in [0.15, 0.2) is 0 Å². The summed E-state index contributed by atoms with van der Waals surface area (Å²) in [7, 11) is 0. The summed E-state index contributed by atoms with van der Waals surface area (Å²) in [6.07, 6.45) is 3.95. The molecule has 4 N–H and O–H groups in total. The molecule has 166 valence electrons. The second kappa shape index (κ2) is 11.7. The highest BCUT2D eigenvalue weighted by atomic mass is 16.4. The number of aliphatic hydroxyl groups is 1. The summed E-state index contributed by atoms with van der Waals surface area (Å²) in [6, 6.07) is 7.43. The quantitative estimate of drug-likeness (QED) is 0.465. The maximum Gasteiger partial charge on any atom is 0.326 e. The molecule has 1 fully saturated rings. The Labute approximate surface area is 178 Å². The highest BCUT2D eigenvalue weighted by Crippen LogP contribution is 2.30. The van der Waals surface area contributed by atoms with Gasteiger partial charge in [-0.05, 0) is 36.7 Å². The molecule has 7 nitrogen and oxygen atoms in total. The molecule has 2 amide bonds. The van der Waals surface area contributed by atoms with Crippen LogP contribution >= 0.6 is 0 Å². The zero-order chi connectivity index (χ0) is 22.1. The SMILES string of the molecule is CC(C)C[C@H](NC(=O)[C@H](Cc1ccccc1)NC(=O)[C@@H]1CCCC[C@H]1CO)C(=O)O. The average Bonchev–Trinajstić information content (AvgIpc) is 2.72. The summed E-state index contributed by atoms with van der Waals surface area (Å²) in [4.78, 5) is 37.5. The van der Waals surface area contributed by atoms with Gasteiger partial charge in [0.05, 0.1) is 0 Å². The molecule has 7 heteroatoms. The maximum absolute atomic E-state index is 13.0. The van der Waals surface area contributed by atoms with Crippen molar-refractivity contribution in [2.75, 3.05) is 6.61 Å². The third-order valence-corrected chi connectivity index (χ3v) is 5.72. The Balaban J connectivity index is 2.15. The van der Waals surface area contributed by atoms with Crippen LogP contribution in [0.25, 0.3) is 0 Å². The second-order valence-electron chi connectivity index (χ2n) is 8.61. The third kappa shape index (κ3) is 7.13. The van der Waals surface area contributed by atoms with Crippen molar-refractivity contribution in [3.63, 3.8) is 0 Å². The summed E-state index contributed by atoms with van der Waals surface area (Å²) in [5.41, 5.74) is 0.871. The molecular weight excluding hydrogens is 384 g/mol. The largest absolute Gasteiger partial charge is 0.480 e. The number of nitrogens with one attached hydrogen (secondary N) is 2. The number of carbonyl (C=O) groups excluding carboxylic acids is 2. The van der Waals surface area contributed by atoms with E-state index in [1.54, 1.807) is 0 Å². The summed E-state index contributed by atoms with van der Waals surface area (Å²) < 4.78 is 0. The first-order valence-electron chi connectivity index (χ1n) is 10.8. The van der Waals surface area contributed by atoms with Crippen molar-refractivity contribution in [3.8, 4) is 0 Å². The van der Waals surface area contributed by atoms with E-state index >= 15 is 0 Å². The van der Waals surface area contributed by atoms with E-state index in [0.717, 1.165) is 24.8 Å². The van der Waals surface area contributed by atoms with Crippen LogP contribution < -0.4 is 10.6 Å². The zero-order valence-corrected chi connectivity index (χ0v) is 17.8. The standard InChI is InChI=1S/C23H34N2O5/c1-15(2)12-20(23(29)30)25-22(28)19(13-16-8-4-3-5-9-16)24-21(27)18-11-7-6-10-17(18)14-26/h3-5,8-9,15,17-20,26H,6-7,10-14H2,1-2H3,(H,24,27)(H,25,28)(H,29,30)/t17-,18+,19-,20-/m0/s1. The number of aliphatic carboxylic acids is 1. The monoisotopic (exact) mass is 418 g/mol. The first kappa shape index (κ1) is 23.9. The van der Waals surface area contributed by atoms with E-state index in [1.807, 2.05) is 44.2 Å². The molecule has 1 aliphatic rings. The Hall–Kier alpha value is -2.41. The molecule has 1 saturated carbocycles. The number of aliphatic hydroxyl groups excluding tert-OH is 1. The molecule has 0 heterocycles. The highest BCUT2D eigenvalue weighted by Gasteiger charge is 2.34. The molecule has 0 unspecified atom stereocenters. The van der Waals surface area contributed by atoms with Crippen molar-refractivity contribution in [3.05, 3.63) is 35.9 Å². The molecular formula is C23H34N2O5. The van der Waals surface area contributed by atoms with Crippen molar-refractivity contribution < 1.29 is 24.6 Å². The lowest BCUT2D eigenvalue weighted by Gasteiger charge is -2.31. The van der Waals surface area contributed by atoms with Gasteiger partial charge in [-0.15, -0.1) is 0 Å². The lowest BCUT2D eigenvalue weighted by molar-refractivity contribution is -0.142. The summed E-state index contributed by atoms with van der Waals surface area (Å²) >= 11 is 0. The van der Waals surface area contributed by atoms with Gasteiger partial charge in [0.25, 0.3) is 0 Å². The molecule has 0 aromatic heterocycles. The van der Waals surface area contributed by atoms with Crippen LogP contribution in [0, 0.1) is 17.8 Å². The van der Waals surface area contributed by atoms with Gasteiger partial charge in [0, 0.05) is 18.9 Å². The van der Waals surface area contributed by atoms with Gasteiger partial charge in [-0.1, -0.05) is 57.0 Å². The fourth-order valence-electron chi connectivity index (χ4n) is 4.07. The number of carbonyl (C=O) groups is 3. The van der Waals surface area contributed by atoms with Crippen LogP contribution in [0.3, 0.4) is 0 Å². The van der Waals surface area contributed by atoms with Crippen LogP contribution in [0.15, 0.2) is 30.3 Å².